The van der Waals surface area contributed by atoms with E-state index in [2.05, 4.69) is 17.2 Å². The summed E-state index contributed by atoms with van der Waals surface area (Å²) in [7, 11) is 3.69. The monoisotopic (exact) mass is 325 g/mol. The second-order valence-electron chi connectivity index (χ2n) is 6.94. The zero-order chi connectivity index (χ0) is 16.7. The van der Waals surface area contributed by atoms with Gasteiger partial charge < -0.3 is 9.64 Å². The Morgan fingerprint density at radius 2 is 2.04 bits per heavy atom. The molecule has 2 heterocycles. The summed E-state index contributed by atoms with van der Waals surface area (Å²) in [4.78, 5) is 14.8. The number of nitrogens with zero attached hydrogens (tertiary/aromatic N) is 3. The fraction of sp³-hybridized carbons (Fsp3) is 0.474. The van der Waals surface area contributed by atoms with Gasteiger partial charge in [-0.25, -0.2) is 0 Å². The van der Waals surface area contributed by atoms with Crippen molar-refractivity contribution in [1.29, 1.82) is 0 Å². The summed E-state index contributed by atoms with van der Waals surface area (Å²) < 4.78 is 7.69. The van der Waals surface area contributed by atoms with Crippen molar-refractivity contribution in [2.75, 3.05) is 20.2 Å². The van der Waals surface area contributed by atoms with E-state index < -0.39 is 0 Å². The molecule has 1 saturated heterocycles. The molecule has 24 heavy (non-hydrogen) atoms. The Labute approximate surface area is 142 Å². The molecule has 1 aromatic carbocycles. The number of likely N-dealkylation sites (tertiary alicyclic amines) is 1. The molecule has 1 aliphatic heterocycles. The van der Waals surface area contributed by atoms with E-state index in [1.807, 2.05) is 41.0 Å². The van der Waals surface area contributed by atoms with Crippen molar-refractivity contribution >= 4 is 5.91 Å². The SMILES string of the molecule is COC1(c2ccccc2)CN(C(=O)C2CCc3cnn(C)c3C2)C1. The Morgan fingerprint density at radius 1 is 1.29 bits per heavy atom. The molecular formula is C19H23N3O2. The highest BCUT2D eigenvalue weighted by molar-refractivity contribution is 5.80. The van der Waals surface area contributed by atoms with Gasteiger partial charge >= 0.3 is 0 Å². The highest BCUT2D eigenvalue weighted by atomic mass is 16.5. The predicted molar refractivity (Wildman–Crippen MR) is 90.4 cm³/mol. The Balaban J connectivity index is 1.45. The van der Waals surface area contributed by atoms with E-state index in [-0.39, 0.29) is 17.4 Å². The van der Waals surface area contributed by atoms with E-state index in [1.165, 1.54) is 11.3 Å². The van der Waals surface area contributed by atoms with Crippen LogP contribution in [-0.4, -0.2) is 40.8 Å². The first-order chi connectivity index (χ1) is 11.6. The van der Waals surface area contributed by atoms with Crippen molar-refractivity contribution in [1.82, 2.24) is 14.7 Å². The number of rotatable bonds is 3. The normalized spacial score (nSPS) is 21.9. The first-order valence-electron chi connectivity index (χ1n) is 8.52. The number of amides is 1. The zero-order valence-corrected chi connectivity index (χ0v) is 14.2. The summed E-state index contributed by atoms with van der Waals surface area (Å²) in [6.07, 6.45) is 4.60. The topological polar surface area (TPSA) is 47.4 Å². The molecule has 5 heteroatoms. The molecule has 1 amide bonds. The lowest BCUT2D eigenvalue weighted by molar-refractivity contribution is -0.168. The van der Waals surface area contributed by atoms with Crippen LogP contribution in [0.4, 0.5) is 0 Å². The van der Waals surface area contributed by atoms with Gasteiger partial charge in [-0.15, -0.1) is 0 Å². The smallest absolute Gasteiger partial charge is 0.226 e. The van der Waals surface area contributed by atoms with Crippen molar-refractivity contribution in [3.8, 4) is 0 Å². The van der Waals surface area contributed by atoms with E-state index in [0.717, 1.165) is 24.8 Å². The molecule has 4 rings (SSSR count). The molecule has 1 atom stereocenters. The molecule has 1 aliphatic carbocycles. The van der Waals surface area contributed by atoms with Gasteiger partial charge in [0.2, 0.25) is 5.91 Å². The quantitative estimate of drug-likeness (QED) is 0.866. The van der Waals surface area contributed by atoms with Crippen LogP contribution in [0.5, 0.6) is 0 Å². The molecular weight excluding hydrogens is 302 g/mol. The summed E-state index contributed by atoms with van der Waals surface area (Å²) in [5.41, 5.74) is 3.31. The summed E-state index contributed by atoms with van der Waals surface area (Å²) >= 11 is 0. The van der Waals surface area contributed by atoms with Gasteiger partial charge in [-0.3, -0.25) is 9.48 Å². The fourth-order valence-electron chi connectivity index (χ4n) is 4.01. The van der Waals surface area contributed by atoms with E-state index in [9.17, 15) is 4.79 Å². The number of carbonyl (C=O) groups is 1. The van der Waals surface area contributed by atoms with Gasteiger partial charge in [-0.1, -0.05) is 30.3 Å². The maximum Gasteiger partial charge on any atom is 0.226 e. The number of hydrogen-bond acceptors (Lipinski definition) is 3. The minimum Gasteiger partial charge on any atom is -0.370 e. The first kappa shape index (κ1) is 15.4. The minimum absolute atomic E-state index is 0.0681. The van der Waals surface area contributed by atoms with Gasteiger partial charge in [-0.05, 0) is 24.0 Å². The summed E-state index contributed by atoms with van der Waals surface area (Å²) in [5, 5.41) is 4.32. The number of aromatic nitrogens is 2. The third-order valence-electron chi connectivity index (χ3n) is 5.59. The van der Waals surface area contributed by atoms with Crippen LogP contribution in [0, 0.1) is 5.92 Å². The summed E-state index contributed by atoms with van der Waals surface area (Å²) in [6, 6.07) is 10.2. The molecule has 5 nitrogen and oxygen atoms in total. The second kappa shape index (κ2) is 5.74. The van der Waals surface area contributed by atoms with Crippen molar-refractivity contribution < 1.29 is 9.53 Å². The largest absolute Gasteiger partial charge is 0.370 e. The minimum atomic E-state index is -0.344. The van der Waals surface area contributed by atoms with Crippen LogP contribution in [0.15, 0.2) is 36.5 Å². The lowest BCUT2D eigenvalue weighted by atomic mass is 9.82. The average Bonchev–Trinajstić information content (AvgIpc) is 2.96. The third kappa shape index (κ3) is 2.35. The van der Waals surface area contributed by atoms with Crippen LogP contribution >= 0.6 is 0 Å². The number of ether oxygens (including phenoxy) is 1. The zero-order valence-electron chi connectivity index (χ0n) is 14.2. The summed E-state index contributed by atoms with van der Waals surface area (Å²) in [6.45, 7) is 1.28. The third-order valence-corrected chi connectivity index (χ3v) is 5.59. The molecule has 0 N–H and O–H groups in total. The van der Waals surface area contributed by atoms with Gasteiger partial charge in [0, 0.05) is 32.2 Å². The molecule has 1 aromatic heterocycles. The molecule has 0 spiro atoms. The molecule has 0 bridgehead atoms. The Morgan fingerprint density at radius 3 is 2.75 bits per heavy atom. The number of benzene rings is 1. The first-order valence-corrected chi connectivity index (χ1v) is 8.52. The van der Waals surface area contributed by atoms with E-state index >= 15 is 0 Å². The Bertz CT molecular complexity index is 747. The maximum atomic E-state index is 12.9. The van der Waals surface area contributed by atoms with Gasteiger partial charge in [0.1, 0.15) is 5.60 Å². The maximum absolute atomic E-state index is 12.9. The second-order valence-corrected chi connectivity index (χ2v) is 6.94. The van der Waals surface area contributed by atoms with Gasteiger partial charge in [0.15, 0.2) is 0 Å². The van der Waals surface area contributed by atoms with E-state index in [4.69, 9.17) is 4.74 Å². The van der Waals surface area contributed by atoms with Crippen molar-refractivity contribution in [2.45, 2.75) is 24.9 Å². The van der Waals surface area contributed by atoms with Crippen LogP contribution in [-0.2, 0) is 35.0 Å². The van der Waals surface area contributed by atoms with Gasteiger partial charge in [-0.2, -0.15) is 5.10 Å². The number of fused-ring (bicyclic) bond motifs is 1. The summed E-state index contributed by atoms with van der Waals surface area (Å²) in [5.74, 6) is 0.323. The molecule has 0 radical (unpaired) electrons. The Kier molecular flexibility index (Phi) is 3.68. The van der Waals surface area contributed by atoms with Crippen molar-refractivity contribution in [2.24, 2.45) is 13.0 Å². The van der Waals surface area contributed by atoms with Crippen LogP contribution in [0.3, 0.4) is 0 Å². The number of aryl methyl sites for hydroxylation is 2. The molecule has 2 aliphatic rings. The molecule has 1 unspecified atom stereocenters. The lowest BCUT2D eigenvalue weighted by Crippen LogP contribution is -2.63. The number of hydrogen-bond donors (Lipinski definition) is 0. The highest BCUT2D eigenvalue weighted by Gasteiger charge is 2.48. The van der Waals surface area contributed by atoms with Crippen molar-refractivity contribution in [3.63, 3.8) is 0 Å². The Hall–Kier alpha value is -2.14. The van der Waals surface area contributed by atoms with Crippen LogP contribution in [0.2, 0.25) is 0 Å². The fourth-order valence-corrected chi connectivity index (χ4v) is 4.01. The van der Waals surface area contributed by atoms with Crippen LogP contribution < -0.4 is 0 Å². The molecule has 126 valence electrons. The number of methoxy groups -OCH3 is 1. The number of carbonyl (C=O) groups excluding carboxylic acids is 1. The highest BCUT2D eigenvalue weighted by Crippen LogP contribution is 2.37. The standard InChI is InChI=1S/C19H23N3O2/c1-21-17-10-14(8-9-15(17)11-20-21)18(23)22-12-19(13-22,24-2)16-6-4-3-5-7-16/h3-7,11,14H,8-10,12-13H2,1-2H3. The molecule has 0 saturated carbocycles. The predicted octanol–water partition coefficient (Wildman–Crippen LogP) is 1.91. The average molecular weight is 325 g/mol. The molecule has 2 aromatic rings. The molecule has 1 fully saturated rings. The van der Waals surface area contributed by atoms with E-state index in [1.54, 1.807) is 7.11 Å². The van der Waals surface area contributed by atoms with Crippen molar-refractivity contribution in [3.05, 3.63) is 53.3 Å². The van der Waals surface area contributed by atoms with Crippen LogP contribution in [0.1, 0.15) is 23.2 Å². The van der Waals surface area contributed by atoms with Gasteiger partial charge in [0.25, 0.3) is 0 Å². The van der Waals surface area contributed by atoms with Crippen LogP contribution in [0.25, 0.3) is 0 Å². The van der Waals surface area contributed by atoms with E-state index in [0.29, 0.717) is 13.1 Å². The lowest BCUT2D eigenvalue weighted by Gasteiger charge is -2.50. The van der Waals surface area contributed by atoms with Gasteiger partial charge in [0.05, 0.1) is 19.3 Å².